The molecule has 5 heteroatoms. The monoisotopic (exact) mass is 277 g/mol. The molecule has 1 unspecified atom stereocenters. The summed E-state index contributed by atoms with van der Waals surface area (Å²) < 4.78 is 0. The first kappa shape index (κ1) is 16.2. The van der Waals surface area contributed by atoms with Crippen LogP contribution in [0.2, 0.25) is 0 Å². The van der Waals surface area contributed by atoms with E-state index in [0.29, 0.717) is 24.2 Å². The molecule has 5 nitrogen and oxygen atoms in total. The predicted octanol–water partition coefficient (Wildman–Crippen LogP) is 2.36. The first-order valence-electron chi connectivity index (χ1n) is 6.98. The normalized spacial score (nSPS) is 11.8. The van der Waals surface area contributed by atoms with Crippen LogP contribution in [0.5, 0.6) is 0 Å². The lowest BCUT2D eigenvalue weighted by atomic mass is 10.2. The van der Waals surface area contributed by atoms with E-state index < -0.39 is 0 Å². The number of hydrogen-bond donors (Lipinski definition) is 3. The highest BCUT2D eigenvalue weighted by atomic mass is 16.2. The van der Waals surface area contributed by atoms with Gasteiger partial charge in [0.05, 0.1) is 0 Å². The molecular formula is C15H23N3O2. The number of hydrogen-bond acceptors (Lipinski definition) is 3. The van der Waals surface area contributed by atoms with E-state index in [9.17, 15) is 9.59 Å². The van der Waals surface area contributed by atoms with Gasteiger partial charge in [-0.1, -0.05) is 19.9 Å². The van der Waals surface area contributed by atoms with Gasteiger partial charge in [0.25, 0.3) is 0 Å². The van der Waals surface area contributed by atoms with Gasteiger partial charge in [-0.3, -0.25) is 9.59 Å². The Balaban J connectivity index is 2.57. The Kier molecular flexibility index (Phi) is 6.73. The fourth-order valence-electron chi connectivity index (χ4n) is 1.83. The van der Waals surface area contributed by atoms with Gasteiger partial charge in [0.1, 0.15) is 0 Å². The summed E-state index contributed by atoms with van der Waals surface area (Å²) in [5, 5.41) is 8.79. The summed E-state index contributed by atoms with van der Waals surface area (Å²) in [6, 6.07) is 7.29. The largest absolute Gasteiger partial charge is 0.326 e. The van der Waals surface area contributed by atoms with Crippen LogP contribution in [0.15, 0.2) is 24.3 Å². The maximum atomic E-state index is 11.8. The van der Waals surface area contributed by atoms with E-state index in [1.165, 1.54) is 0 Å². The van der Waals surface area contributed by atoms with Crippen LogP contribution in [0.25, 0.3) is 0 Å². The summed E-state index contributed by atoms with van der Waals surface area (Å²) in [5.74, 6) is -0.0911. The van der Waals surface area contributed by atoms with Crippen LogP contribution < -0.4 is 16.0 Å². The molecule has 0 saturated carbocycles. The van der Waals surface area contributed by atoms with Crippen molar-refractivity contribution in [3.8, 4) is 0 Å². The standard InChI is InChI=1S/C15H23N3O2/c1-4-14(19)17-12-7-6-8-13(10-12)18-15(20)9-11(3)16-5-2/h6-8,10-11,16H,4-5,9H2,1-3H3,(H,17,19)(H,18,20). The molecule has 0 bridgehead atoms. The molecule has 0 aromatic heterocycles. The summed E-state index contributed by atoms with van der Waals surface area (Å²) in [6.45, 7) is 6.62. The summed E-state index contributed by atoms with van der Waals surface area (Å²) in [4.78, 5) is 23.2. The van der Waals surface area contributed by atoms with Crippen molar-refractivity contribution in [3.63, 3.8) is 0 Å². The lowest BCUT2D eigenvalue weighted by Crippen LogP contribution is -2.30. The minimum Gasteiger partial charge on any atom is -0.326 e. The molecule has 1 rings (SSSR count). The molecule has 0 aliphatic heterocycles. The van der Waals surface area contributed by atoms with Crippen LogP contribution >= 0.6 is 0 Å². The van der Waals surface area contributed by atoms with Gasteiger partial charge < -0.3 is 16.0 Å². The number of rotatable bonds is 7. The highest BCUT2D eigenvalue weighted by Gasteiger charge is 2.08. The molecule has 0 saturated heterocycles. The van der Waals surface area contributed by atoms with E-state index in [4.69, 9.17) is 0 Å². The Morgan fingerprint density at radius 1 is 1.10 bits per heavy atom. The SMILES string of the molecule is CCNC(C)CC(=O)Nc1cccc(NC(=O)CC)c1. The van der Waals surface area contributed by atoms with E-state index in [2.05, 4.69) is 16.0 Å². The Hall–Kier alpha value is -1.88. The van der Waals surface area contributed by atoms with Gasteiger partial charge in [-0.15, -0.1) is 0 Å². The maximum absolute atomic E-state index is 11.8. The van der Waals surface area contributed by atoms with Crippen molar-refractivity contribution in [1.29, 1.82) is 0 Å². The number of carbonyl (C=O) groups excluding carboxylic acids is 2. The second kappa shape index (κ2) is 8.32. The zero-order valence-electron chi connectivity index (χ0n) is 12.3. The highest BCUT2D eigenvalue weighted by Crippen LogP contribution is 2.15. The van der Waals surface area contributed by atoms with Crippen LogP contribution in [0.4, 0.5) is 11.4 Å². The molecular weight excluding hydrogens is 254 g/mol. The molecule has 0 aliphatic rings. The second-order valence-corrected chi connectivity index (χ2v) is 4.69. The molecule has 0 spiro atoms. The average molecular weight is 277 g/mol. The number of nitrogens with one attached hydrogen (secondary N) is 3. The van der Waals surface area contributed by atoms with Gasteiger partial charge in [0.15, 0.2) is 0 Å². The predicted molar refractivity (Wildman–Crippen MR) is 81.7 cm³/mol. The zero-order chi connectivity index (χ0) is 15.0. The molecule has 3 N–H and O–H groups in total. The van der Waals surface area contributed by atoms with Crippen LogP contribution in [0.3, 0.4) is 0 Å². The molecule has 2 amide bonds. The van der Waals surface area contributed by atoms with Crippen molar-refractivity contribution in [2.75, 3.05) is 17.2 Å². The molecule has 0 radical (unpaired) electrons. The topological polar surface area (TPSA) is 70.2 Å². The zero-order valence-corrected chi connectivity index (χ0v) is 12.3. The third kappa shape index (κ3) is 5.84. The number of benzene rings is 1. The fraction of sp³-hybridized carbons (Fsp3) is 0.467. The van der Waals surface area contributed by atoms with Crippen molar-refractivity contribution < 1.29 is 9.59 Å². The summed E-state index contributed by atoms with van der Waals surface area (Å²) in [7, 11) is 0. The quantitative estimate of drug-likeness (QED) is 0.716. The molecule has 0 fully saturated rings. The third-order valence-corrected chi connectivity index (χ3v) is 2.80. The van der Waals surface area contributed by atoms with E-state index in [-0.39, 0.29) is 17.9 Å². The van der Waals surface area contributed by atoms with Gasteiger partial charge in [-0.05, 0) is 31.7 Å². The molecule has 1 atom stereocenters. The van der Waals surface area contributed by atoms with Crippen molar-refractivity contribution in [1.82, 2.24) is 5.32 Å². The molecule has 20 heavy (non-hydrogen) atoms. The van der Waals surface area contributed by atoms with Crippen molar-refractivity contribution >= 4 is 23.2 Å². The van der Waals surface area contributed by atoms with Gasteiger partial charge in [-0.25, -0.2) is 0 Å². The number of amides is 2. The minimum atomic E-state index is -0.0470. The number of carbonyl (C=O) groups is 2. The average Bonchev–Trinajstić information content (AvgIpc) is 2.38. The Labute approximate surface area is 120 Å². The highest BCUT2D eigenvalue weighted by molar-refractivity contribution is 5.94. The Bertz CT molecular complexity index is 460. The lowest BCUT2D eigenvalue weighted by Gasteiger charge is -2.12. The molecule has 0 heterocycles. The fourth-order valence-corrected chi connectivity index (χ4v) is 1.83. The van der Waals surface area contributed by atoms with E-state index in [1.807, 2.05) is 13.8 Å². The van der Waals surface area contributed by atoms with Gasteiger partial charge in [0.2, 0.25) is 11.8 Å². The van der Waals surface area contributed by atoms with Gasteiger partial charge >= 0.3 is 0 Å². The van der Waals surface area contributed by atoms with Crippen molar-refractivity contribution in [2.45, 2.75) is 39.7 Å². The summed E-state index contributed by atoms with van der Waals surface area (Å²) in [5.41, 5.74) is 1.38. The van der Waals surface area contributed by atoms with Gasteiger partial charge in [-0.2, -0.15) is 0 Å². The first-order chi connectivity index (χ1) is 9.55. The molecule has 110 valence electrons. The Morgan fingerprint density at radius 2 is 1.70 bits per heavy atom. The summed E-state index contributed by atoms with van der Waals surface area (Å²) >= 11 is 0. The first-order valence-corrected chi connectivity index (χ1v) is 6.98. The Morgan fingerprint density at radius 3 is 2.25 bits per heavy atom. The lowest BCUT2D eigenvalue weighted by molar-refractivity contribution is -0.117. The maximum Gasteiger partial charge on any atom is 0.225 e. The van der Waals surface area contributed by atoms with Crippen LogP contribution in [0.1, 0.15) is 33.6 Å². The number of anilines is 2. The van der Waals surface area contributed by atoms with Crippen LogP contribution in [-0.4, -0.2) is 24.4 Å². The molecule has 1 aromatic carbocycles. The van der Waals surface area contributed by atoms with Crippen molar-refractivity contribution in [3.05, 3.63) is 24.3 Å². The van der Waals surface area contributed by atoms with Gasteiger partial charge in [0, 0.05) is 30.3 Å². The van der Waals surface area contributed by atoms with E-state index in [1.54, 1.807) is 31.2 Å². The van der Waals surface area contributed by atoms with Crippen molar-refractivity contribution in [2.24, 2.45) is 0 Å². The van der Waals surface area contributed by atoms with E-state index in [0.717, 1.165) is 6.54 Å². The summed E-state index contributed by atoms with van der Waals surface area (Å²) in [6.07, 6.45) is 0.843. The minimum absolute atomic E-state index is 0.0441. The second-order valence-electron chi connectivity index (χ2n) is 4.69. The van der Waals surface area contributed by atoms with Crippen LogP contribution in [-0.2, 0) is 9.59 Å². The smallest absolute Gasteiger partial charge is 0.225 e. The van der Waals surface area contributed by atoms with E-state index >= 15 is 0 Å². The third-order valence-electron chi connectivity index (χ3n) is 2.80. The molecule has 0 aliphatic carbocycles. The molecule has 1 aromatic rings. The van der Waals surface area contributed by atoms with Crippen LogP contribution in [0, 0.1) is 0 Å².